The van der Waals surface area contributed by atoms with Gasteiger partial charge in [0, 0.05) is 38.1 Å². The number of nitrogens with one attached hydrogen (secondary N) is 2. The van der Waals surface area contributed by atoms with Crippen LogP contribution in [0.2, 0.25) is 5.15 Å². The van der Waals surface area contributed by atoms with Crippen LogP contribution in [-0.4, -0.2) is 65.0 Å². The summed E-state index contributed by atoms with van der Waals surface area (Å²) in [6, 6.07) is 9.91. The Morgan fingerprint density at radius 2 is 1.97 bits per heavy atom. The van der Waals surface area contributed by atoms with Gasteiger partial charge in [-0.15, -0.1) is 0 Å². The van der Waals surface area contributed by atoms with Gasteiger partial charge in [0.2, 0.25) is 0 Å². The number of urea groups is 1. The molecule has 1 unspecified atom stereocenters. The van der Waals surface area contributed by atoms with E-state index in [0.717, 1.165) is 5.56 Å². The van der Waals surface area contributed by atoms with Crippen molar-refractivity contribution in [2.45, 2.75) is 19.5 Å². The number of anilines is 1. The number of hydrogen-bond donors (Lipinski definition) is 3. The molecule has 1 aromatic heterocycles. The number of rotatable bonds is 5. The number of hydrogen-bond acceptors (Lipinski definition) is 5. The van der Waals surface area contributed by atoms with E-state index in [-0.39, 0.29) is 23.8 Å². The summed E-state index contributed by atoms with van der Waals surface area (Å²) in [6.07, 6.45) is 0.758. The standard InChI is InChI=1S/C21H25ClN6O3/c1-14-4-2-5-16(12-14)26-21(31)28-11-3-10-27(19(28)18(29)24-9-8-23)20(30)15-6-7-17(22)25-13-15/h2,4-7,12-13,19H,3,8-11,23H2,1H3,(H,24,29)(H,26,31). The first-order valence-corrected chi connectivity index (χ1v) is 10.3. The predicted octanol–water partition coefficient (Wildman–Crippen LogP) is 1.82. The molecule has 0 bridgehead atoms. The zero-order chi connectivity index (χ0) is 22.4. The van der Waals surface area contributed by atoms with E-state index < -0.39 is 24.0 Å². The van der Waals surface area contributed by atoms with Crippen LogP contribution >= 0.6 is 11.6 Å². The molecule has 0 spiro atoms. The number of amides is 4. The zero-order valence-corrected chi connectivity index (χ0v) is 17.9. The Labute approximate surface area is 185 Å². The number of pyridine rings is 1. The molecule has 1 aliphatic rings. The Kier molecular flexibility index (Phi) is 7.43. The minimum Gasteiger partial charge on any atom is -0.351 e. The SMILES string of the molecule is Cc1cccc(NC(=O)N2CCCN(C(=O)c3ccc(Cl)nc3)C2C(=O)NCCN)c1. The van der Waals surface area contributed by atoms with Gasteiger partial charge in [-0.25, -0.2) is 9.78 Å². The van der Waals surface area contributed by atoms with Crippen molar-refractivity contribution in [2.24, 2.45) is 5.73 Å². The van der Waals surface area contributed by atoms with Crippen molar-refractivity contribution in [3.8, 4) is 0 Å². The Balaban J connectivity index is 1.87. The third kappa shape index (κ3) is 5.50. The van der Waals surface area contributed by atoms with Crippen LogP contribution in [0, 0.1) is 6.92 Å². The fraction of sp³-hybridized carbons (Fsp3) is 0.333. The Morgan fingerprint density at radius 1 is 1.19 bits per heavy atom. The topological polar surface area (TPSA) is 121 Å². The van der Waals surface area contributed by atoms with Crippen LogP contribution in [0.5, 0.6) is 0 Å². The van der Waals surface area contributed by atoms with Gasteiger partial charge in [-0.3, -0.25) is 14.5 Å². The van der Waals surface area contributed by atoms with E-state index in [1.165, 1.54) is 28.1 Å². The van der Waals surface area contributed by atoms with Gasteiger partial charge in [0.25, 0.3) is 11.8 Å². The van der Waals surface area contributed by atoms with Crippen LogP contribution in [0.3, 0.4) is 0 Å². The van der Waals surface area contributed by atoms with Gasteiger partial charge in [-0.1, -0.05) is 23.7 Å². The highest BCUT2D eigenvalue weighted by Crippen LogP contribution is 2.20. The van der Waals surface area contributed by atoms with E-state index in [2.05, 4.69) is 15.6 Å². The largest absolute Gasteiger partial charge is 0.351 e. The number of benzene rings is 1. The van der Waals surface area contributed by atoms with Crippen LogP contribution in [0.25, 0.3) is 0 Å². The number of carbonyl (C=O) groups is 3. The highest BCUT2D eigenvalue weighted by molar-refractivity contribution is 6.29. The molecule has 2 heterocycles. The van der Waals surface area contributed by atoms with Crippen molar-refractivity contribution < 1.29 is 14.4 Å². The first kappa shape index (κ1) is 22.5. The van der Waals surface area contributed by atoms with Gasteiger partial charge in [0.1, 0.15) is 5.15 Å². The highest BCUT2D eigenvalue weighted by Gasteiger charge is 2.40. The maximum Gasteiger partial charge on any atom is 0.323 e. The molecule has 31 heavy (non-hydrogen) atoms. The van der Waals surface area contributed by atoms with Crippen LogP contribution in [-0.2, 0) is 4.79 Å². The Bertz CT molecular complexity index is 952. The summed E-state index contributed by atoms with van der Waals surface area (Å²) in [5, 5.41) is 5.76. The molecule has 0 aliphatic carbocycles. The molecule has 0 saturated carbocycles. The second-order valence-electron chi connectivity index (χ2n) is 7.17. The smallest absolute Gasteiger partial charge is 0.323 e. The molecule has 4 N–H and O–H groups in total. The average molecular weight is 445 g/mol. The molecule has 1 atom stereocenters. The normalized spacial score (nSPS) is 16.0. The molecule has 1 aromatic carbocycles. The zero-order valence-electron chi connectivity index (χ0n) is 17.2. The van der Waals surface area contributed by atoms with E-state index in [0.29, 0.717) is 25.2 Å². The summed E-state index contributed by atoms with van der Waals surface area (Å²) < 4.78 is 0. The lowest BCUT2D eigenvalue weighted by molar-refractivity contribution is -0.132. The molecule has 1 saturated heterocycles. The molecule has 10 heteroatoms. The van der Waals surface area contributed by atoms with E-state index in [9.17, 15) is 14.4 Å². The molecular formula is C21H25ClN6O3. The summed E-state index contributed by atoms with van der Waals surface area (Å²) in [5.74, 6) is -0.884. The summed E-state index contributed by atoms with van der Waals surface area (Å²) in [4.78, 5) is 45.8. The molecule has 3 rings (SSSR count). The Morgan fingerprint density at radius 3 is 2.65 bits per heavy atom. The van der Waals surface area contributed by atoms with E-state index in [1.54, 1.807) is 6.07 Å². The number of nitrogens with two attached hydrogens (primary N) is 1. The van der Waals surface area contributed by atoms with Crippen molar-refractivity contribution in [1.82, 2.24) is 20.1 Å². The van der Waals surface area contributed by atoms with Gasteiger partial charge < -0.3 is 21.3 Å². The lowest BCUT2D eigenvalue weighted by Crippen LogP contribution is -2.64. The minimum atomic E-state index is -1.12. The van der Waals surface area contributed by atoms with Gasteiger partial charge in [0.05, 0.1) is 5.56 Å². The maximum absolute atomic E-state index is 13.2. The number of carbonyl (C=O) groups excluding carboxylic acids is 3. The monoisotopic (exact) mass is 444 g/mol. The third-order valence-electron chi connectivity index (χ3n) is 4.83. The molecule has 164 valence electrons. The van der Waals surface area contributed by atoms with Crippen molar-refractivity contribution >= 4 is 35.1 Å². The molecule has 1 fully saturated rings. The van der Waals surface area contributed by atoms with Crippen LogP contribution in [0.1, 0.15) is 22.3 Å². The predicted molar refractivity (Wildman–Crippen MR) is 118 cm³/mol. The number of aromatic nitrogens is 1. The fourth-order valence-corrected chi connectivity index (χ4v) is 3.52. The van der Waals surface area contributed by atoms with Gasteiger partial charge in [-0.05, 0) is 43.2 Å². The molecule has 0 radical (unpaired) electrons. The van der Waals surface area contributed by atoms with E-state index in [1.807, 2.05) is 25.1 Å². The highest BCUT2D eigenvalue weighted by atomic mass is 35.5. The quantitative estimate of drug-likeness (QED) is 0.607. The maximum atomic E-state index is 13.2. The molecule has 9 nitrogen and oxygen atoms in total. The van der Waals surface area contributed by atoms with Crippen molar-refractivity contribution in [3.05, 3.63) is 58.9 Å². The Hall–Kier alpha value is -3.17. The number of aryl methyl sites for hydroxylation is 1. The van der Waals surface area contributed by atoms with Gasteiger partial charge in [-0.2, -0.15) is 0 Å². The lowest BCUT2D eigenvalue weighted by atomic mass is 10.1. The average Bonchev–Trinajstić information content (AvgIpc) is 2.77. The van der Waals surface area contributed by atoms with Gasteiger partial charge in [0.15, 0.2) is 6.17 Å². The van der Waals surface area contributed by atoms with E-state index in [4.69, 9.17) is 17.3 Å². The fourth-order valence-electron chi connectivity index (χ4n) is 3.41. The first-order valence-electron chi connectivity index (χ1n) is 9.95. The summed E-state index contributed by atoms with van der Waals surface area (Å²) in [7, 11) is 0. The third-order valence-corrected chi connectivity index (χ3v) is 5.06. The lowest BCUT2D eigenvalue weighted by Gasteiger charge is -2.42. The number of nitrogens with zero attached hydrogens (tertiary/aromatic N) is 3. The molecule has 1 aliphatic heterocycles. The van der Waals surface area contributed by atoms with Crippen LogP contribution in [0.15, 0.2) is 42.6 Å². The molecule has 4 amide bonds. The second-order valence-corrected chi connectivity index (χ2v) is 7.56. The second kappa shape index (κ2) is 10.2. The molecular weight excluding hydrogens is 420 g/mol. The summed E-state index contributed by atoms with van der Waals surface area (Å²) in [5.41, 5.74) is 7.38. The van der Waals surface area contributed by atoms with Crippen LogP contribution in [0.4, 0.5) is 10.5 Å². The summed E-state index contributed by atoms with van der Waals surface area (Å²) >= 11 is 5.82. The van der Waals surface area contributed by atoms with Crippen molar-refractivity contribution in [3.63, 3.8) is 0 Å². The minimum absolute atomic E-state index is 0.229. The van der Waals surface area contributed by atoms with E-state index >= 15 is 0 Å². The van der Waals surface area contributed by atoms with Crippen molar-refractivity contribution in [2.75, 3.05) is 31.5 Å². The first-order chi connectivity index (χ1) is 14.9. The molecule has 2 aromatic rings. The van der Waals surface area contributed by atoms with Gasteiger partial charge >= 0.3 is 6.03 Å². The van der Waals surface area contributed by atoms with Crippen molar-refractivity contribution in [1.29, 1.82) is 0 Å². The van der Waals surface area contributed by atoms with Crippen LogP contribution < -0.4 is 16.4 Å². The summed E-state index contributed by atoms with van der Waals surface area (Å²) in [6.45, 7) is 3.02. The number of halogens is 1.